The highest BCUT2D eigenvalue weighted by Gasteiger charge is 2.29. The summed E-state index contributed by atoms with van der Waals surface area (Å²) in [5.74, 6) is 2.20. The van der Waals surface area contributed by atoms with Crippen LogP contribution in [0.5, 0.6) is 5.75 Å². The Balaban J connectivity index is 1.79. The van der Waals surface area contributed by atoms with Crippen molar-refractivity contribution in [2.24, 2.45) is 5.41 Å². The average molecular weight is 545 g/mol. The minimum Gasteiger partial charge on any atom is -0.493 e. The number of rotatable bonds is 13. The predicted molar refractivity (Wildman–Crippen MR) is 144 cm³/mol. The molecule has 38 heavy (non-hydrogen) atoms. The first-order valence-corrected chi connectivity index (χ1v) is 14.1. The number of sulfonamides is 1. The highest BCUT2D eigenvalue weighted by atomic mass is 32.2. The average Bonchev–Trinajstić information content (AvgIpc) is 3.48. The van der Waals surface area contributed by atoms with Gasteiger partial charge in [-0.25, -0.2) is 18.1 Å². The van der Waals surface area contributed by atoms with Crippen LogP contribution in [0.1, 0.15) is 33.6 Å². The molecule has 0 bridgehead atoms. The number of hydrogen-bond donors (Lipinski definition) is 2. The van der Waals surface area contributed by atoms with Gasteiger partial charge in [0.1, 0.15) is 29.9 Å². The number of benzene rings is 1. The molecule has 1 aliphatic heterocycles. The second kappa shape index (κ2) is 11.2. The van der Waals surface area contributed by atoms with E-state index in [2.05, 4.69) is 20.2 Å². The molecule has 13 heteroatoms. The monoisotopic (exact) mass is 544 g/mol. The molecule has 0 aliphatic carbocycles. The van der Waals surface area contributed by atoms with Gasteiger partial charge in [0, 0.05) is 26.1 Å². The first kappa shape index (κ1) is 27.7. The van der Waals surface area contributed by atoms with Crippen LogP contribution in [0.4, 0.5) is 5.82 Å². The van der Waals surface area contributed by atoms with Crippen LogP contribution in [0.25, 0.3) is 22.9 Å². The summed E-state index contributed by atoms with van der Waals surface area (Å²) in [6.07, 6.45) is 3.48. The molecule has 2 aromatic heterocycles. The lowest BCUT2D eigenvalue weighted by molar-refractivity contribution is -0.108. The minimum atomic E-state index is -3.83. The van der Waals surface area contributed by atoms with Gasteiger partial charge >= 0.3 is 0 Å². The number of nitrogens with one attached hydrogen (secondary N) is 2. The van der Waals surface area contributed by atoms with E-state index in [1.54, 1.807) is 24.5 Å². The van der Waals surface area contributed by atoms with E-state index in [-0.39, 0.29) is 23.3 Å². The Morgan fingerprint density at radius 1 is 1.26 bits per heavy atom. The Labute approximate surface area is 223 Å². The lowest BCUT2D eigenvalue weighted by Gasteiger charge is -2.28. The van der Waals surface area contributed by atoms with Gasteiger partial charge in [0.15, 0.2) is 11.6 Å². The zero-order chi connectivity index (χ0) is 27.5. The number of imidazole rings is 1. The van der Waals surface area contributed by atoms with Crippen molar-refractivity contribution in [3.63, 3.8) is 0 Å². The Kier molecular flexibility index (Phi) is 8.19. The van der Waals surface area contributed by atoms with Crippen molar-refractivity contribution >= 4 is 22.1 Å². The van der Waals surface area contributed by atoms with Gasteiger partial charge in [-0.15, -0.1) is 10.2 Å². The van der Waals surface area contributed by atoms with Crippen LogP contribution in [0.2, 0.25) is 0 Å². The van der Waals surface area contributed by atoms with Crippen LogP contribution in [-0.4, -0.2) is 77.7 Å². The number of carbonyl (C=O) groups is 1. The second-order valence-corrected chi connectivity index (χ2v) is 12.2. The van der Waals surface area contributed by atoms with E-state index in [1.165, 1.54) is 0 Å². The van der Waals surface area contributed by atoms with E-state index in [9.17, 15) is 13.2 Å². The molecule has 3 aromatic rings. The number of ether oxygens (including phenoxy) is 1. The quantitative estimate of drug-likeness (QED) is 0.311. The summed E-state index contributed by atoms with van der Waals surface area (Å²) < 4.78 is 39.3. The number of nitrogens with zero attached hydrogens (tertiary/aromatic N) is 6. The molecule has 0 atom stereocenters. The van der Waals surface area contributed by atoms with Crippen LogP contribution >= 0.6 is 0 Å². The first-order valence-electron chi connectivity index (χ1n) is 12.6. The molecular weight excluding hydrogens is 508 g/mol. The van der Waals surface area contributed by atoms with Crippen molar-refractivity contribution in [2.75, 3.05) is 39.1 Å². The third-order valence-electron chi connectivity index (χ3n) is 6.13. The molecule has 0 fully saturated rings. The summed E-state index contributed by atoms with van der Waals surface area (Å²) in [6.45, 7) is 8.26. The molecule has 1 aliphatic rings. The topological polar surface area (TPSA) is 136 Å². The van der Waals surface area contributed by atoms with Gasteiger partial charge in [-0.2, -0.15) is 0 Å². The summed E-state index contributed by atoms with van der Waals surface area (Å²) in [6, 6.07) is 4.80. The normalized spacial score (nSPS) is 13.2. The van der Waals surface area contributed by atoms with Crippen LogP contribution in [-0.2, 0) is 28.0 Å². The maximum Gasteiger partial charge on any atom is 0.240 e. The van der Waals surface area contributed by atoms with Gasteiger partial charge in [-0.1, -0.05) is 20.8 Å². The summed E-state index contributed by atoms with van der Waals surface area (Å²) >= 11 is 0. The smallest absolute Gasteiger partial charge is 0.240 e. The molecule has 2 N–H and O–H groups in total. The van der Waals surface area contributed by atoms with Crippen LogP contribution in [0.15, 0.2) is 29.4 Å². The van der Waals surface area contributed by atoms with Crippen molar-refractivity contribution < 1.29 is 17.9 Å². The van der Waals surface area contributed by atoms with E-state index in [0.29, 0.717) is 54.3 Å². The van der Waals surface area contributed by atoms with Crippen molar-refractivity contribution in [3.05, 3.63) is 24.5 Å². The van der Waals surface area contributed by atoms with Crippen molar-refractivity contribution in [1.82, 2.24) is 33.9 Å². The summed E-state index contributed by atoms with van der Waals surface area (Å²) in [5.41, 5.74) is 0.931. The van der Waals surface area contributed by atoms with Gasteiger partial charge in [-0.05, 0) is 44.1 Å². The lowest BCUT2D eigenvalue weighted by atomic mass is 9.93. The van der Waals surface area contributed by atoms with E-state index in [1.807, 2.05) is 48.9 Å². The van der Waals surface area contributed by atoms with Crippen molar-refractivity contribution in [2.45, 2.75) is 51.7 Å². The molecule has 12 nitrogen and oxygen atoms in total. The molecule has 1 aromatic carbocycles. The van der Waals surface area contributed by atoms with Gasteiger partial charge < -0.3 is 24.3 Å². The minimum absolute atomic E-state index is 0.107. The number of fused-ring (bicyclic) bond motifs is 3. The van der Waals surface area contributed by atoms with Crippen LogP contribution in [0, 0.1) is 5.41 Å². The molecule has 0 saturated carbocycles. The number of aldehydes is 1. The van der Waals surface area contributed by atoms with E-state index >= 15 is 0 Å². The molecule has 0 amide bonds. The number of anilines is 1. The van der Waals surface area contributed by atoms with Crippen molar-refractivity contribution in [1.29, 1.82) is 0 Å². The largest absolute Gasteiger partial charge is 0.493 e. The van der Waals surface area contributed by atoms with Gasteiger partial charge in [-0.3, -0.25) is 4.57 Å². The molecule has 3 heterocycles. The fourth-order valence-electron chi connectivity index (χ4n) is 4.60. The molecule has 206 valence electrons. The number of aromatic nitrogens is 5. The highest BCUT2D eigenvalue weighted by Crippen LogP contribution is 2.39. The standard InChI is InChI=1S/C25H36N8O4S/c1-6-12-37-20-9-8-18(38(35,36)28-14-25(2,3)15-31(4)5)13-19(20)23-29-22-21(33(23)10-7-11-34)24-30-27-17-32(24)16-26-22/h8-9,11,13,17,26,28H,6-7,10,12,14-16H2,1-5H3. The fourth-order valence-corrected chi connectivity index (χ4v) is 5.86. The third kappa shape index (κ3) is 5.89. The lowest BCUT2D eigenvalue weighted by Crippen LogP contribution is -2.39. The van der Waals surface area contributed by atoms with Crippen molar-refractivity contribution in [3.8, 4) is 28.7 Å². The fraction of sp³-hybridized carbons (Fsp3) is 0.520. The summed E-state index contributed by atoms with van der Waals surface area (Å²) in [7, 11) is 0.0911. The van der Waals surface area contributed by atoms with E-state index in [4.69, 9.17) is 9.72 Å². The summed E-state index contributed by atoms with van der Waals surface area (Å²) in [4.78, 5) is 18.3. The maximum atomic E-state index is 13.4. The molecular formula is C25H36N8O4S. The predicted octanol–water partition coefficient (Wildman–Crippen LogP) is 2.44. The second-order valence-electron chi connectivity index (χ2n) is 10.4. The van der Waals surface area contributed by atoms with Gasteiger partial charge in [0.25, 0.3) is 0 Å². The van der Waals surface area contributed by atoms with E-state index < -0.39 is 10.0 Å². The molecule has 0 saturated heterocycles. The van der Waals surface area contributed by atoms with Gasteiger partial charge in [0.2, 0.25) is 10.0 Å². The van der Waals surface area contributed by atoms with Gasteiger partial charge in [0.05, 0.1) is 23.7 Å². The Morgan fingerprint density at radius 3 is 2.76 bits per heavy atom. The summed E-state index contributed by atoms with van der Waals surface area (Å²) in [5, 5.41) is 11.5. The van der Waals surface area contributed by atoms with Crippen LogP contribution < -0.4 is 14.8 Å². The number of carbonyl (C=O) groups excluding carboxylic acids is 1. The Hall–Kier alpha value is -3.29. The molecule has 0 unspecified atom stereocenters. The Bertz CT molecular complexity index is 1390. The zero-order valence-corrected chi connectivity index (χ0v) is 23.4. The molecule has 0 radical (unpaired) electrons. The van der Waals surface area contributed by atoms with Crippen LogP contribution in [0.3, 0.4) is 0 Å². The Morgan fingerprint density at radius 2 is 2.05 bits per heavy atom. The zero-order valence-electron chi connectivity index (χ0n) is 22.6. The third-order valence-corrected chi connectivity index (χ3v) is 7.53. The van der Waals surface area contributed by atoms with E-state index in [0.717, 1.165) is 19.3 Å². The highest BCUT2D eigenvalue weighted by molar-refractivity contribution is 7.89. The molecule has 0 spiro atoms. The SMILES string of the molecule is CCCOc1ccc(S(=O)(=O)NCC(C)(C)CN(C)C)cc1-c1nc2c(n1CCC=O)-c1nncn1CN2. The molecule has 4 rings (SSSR count). The maximum absolute atomic E-state index is 13.4. The first-order chi connectivity index (χ1) is 18.1. The number of hydrogen-bond acceptors (Lipinski definition) is 9.